The van der Waals surface area contributed by atoms with Crippen LogP contribution in [0.25, 0.3) is 0 Å². The first-order chi connectivity index (χ1) is 8.63. The fraction of sp³-hybridized carbons (Fsp3) is 0.286. The van der Waals surface area contributed by atoms with Crippen molar-refractivity contribution in [3.63, 3.8) is 0 Å². The summed E-state index contributed by atoms with van der Waals surface area (Å²) in [5.41, 5.74) is 3.23. The molecule has 1 heterocycles. The van der Waals surface area contributed by atoms with Gasteiger partial charge in [-0.15, -0.1) is 0 Å². The molecule has 2 rings (SSSR count). The molecule has 0 radical (unpaired) electrons. The lowest BCUT2D eigenvalue weighted by Gasteiger charge is -2.12. The molecule has 0 amide bonds. The van der Waals surface area contributed by atoms with E-state index in [-0.39, 0.29) is 0 Å². The zero-order chi connectivity index (χ0) is 13.1. The molecule has 0 aliphatic rings. The molecule has 1 N–H and O–H groups in total. The summed E-state index contributed by atoms with van der Waals surface area (Å²) >= 11 is 0. The number of nitrogens with one attached hydrogen (secondary N) is 1. The molecule has 0 fully saturated rings. The molecule has 0 atom stereocenters. The minimum Gasteiger partial charge on any atom is -0.438 e. The molecule has 1 aromatic carbocycles. The summed E-state index contributed by atoms with van der Waals surface area (Å²) in [6, 6.07) is 5.99. The van der Waals surface area contributed by atoms with Crippen LogP contribution in [0, 0.1) is 20.8 Å². The van der Waals surface area contributed by atoms with E-state index in [1.54, 1.807) is 0 Å². The summed E-state index contributed by atoms with van der Waals surface area (Å²) in [5, 5.41) is 3.02. The number of ether oxygens (including phenoxy) is 1. The molecular formula is C14H17N3O. The smallest absolute Gasteiger partial charge is 0.227 e. The standard InChI is InChI=1S/C14H17N3O/c1-9-6-5-7-12(10(9)2)18-14-11(3)13(15-4)16-8-17-14/h5-8H,1-4H3,(H,15,16,17). The highest BCUT2D eigenvalue weighted by Crippen LogP contribution is 2.29. The molecule has 2 aromatic rings. The van der Waals surface area contributed by atoms with Crippen LogP contribution in [-0.4, -0.2) is 17.0 Å². The van der Waals surface area contributed by atoms with E-state index in [0.717, 1.165) is 22.7 Å². The van der Waals surface area contributed by atoms with Gasteiger partial charge in [-0.05, 0) is 38.0 Å². The predicted octanol–water partition coefficient (Wildman–Crippen LogP) is 3.24. The number of rotatable bonds is 3. The van der Waals surface area contributed by atoms with Crippen molar-refractivity contribution >= 4 is 5.82 Å². The molecule has 0 saturated carbocycles. The van der Waals surface area contributed by atoms with Gasteiger partial charge in [-0.1, -0.05) is 12.1 Å². The predicted molar refractivity (Wildman–Crippen MR) is 72.3 cm³/mol. The van der Waals surface area contributed by atoms with Gasteiger partial charge < -0.3 is 10.1 Å². The van der Waals surface area contributed by atoms with Gasteiger partial charge in [0.2, 0.25) is 5.88 Å². The number of benzene rings is 1. The first kappa shape index (κ1) is 12.4. The highest BCUT2D eigenvalue weighted by atomic mass is 16.5. The average Bonchev–Trinajstić information content (AvgIpc) is 2.37. The van der Waals surface area contributed by atoms with Gasteiger partial charge in [0.25, 0.3) is 0 Å². The molecule has 4 heteroatoms. The van der Waals surface area contributed by atoms with Crippen LogP contribution in [0.3, 0.4) is 0 Å². The fourth-order valence-corrected chi connectivity index (χ4v) is 1.73. The SMILES string of the molecule is CNc1ncnc(Oc2cccc(C)c2C)c1C. The second-order valence-electron chi connectivity index (χ2n) is 4.20. The first-order valence-electron chi connectivity index (χ1n) is 5.87. The van der Waals surface area contributed by atoms with Gasteiger partial charge in [0, 0.05) is 7.05 Å². The van der Waals surface area contributed by atoms with Crippen LogP contribution in [0.15, 0.2) is 24.5 Å². The first-order valence-corrected chi connectivity index (χ1v) is 5.87. The van der Waals surface area contributed by atoms with Gasteiger partial charge in [0.05, 0.1) is 5.56 Å². The Morgan fingerprint density at radius 3 is 2.56 bits per heavy atom. The lowest BCUT2D eigenvalue weighted by atomic mass is 10.1. The van der Waals surface area contributed by atoms with Crippen molar-refractivity contribution in [3.8, 4) is 11.6 Å². The van der Waals surface area contributed by atoms with Crippen molar-refractivity contribution in [1.82, 2.24) is 9.97 Å². The molecule has 0 bridgehead atoms. The normalized spacial score (nSPS) is 10.2. The largest absolute Gasteiger partial charge is 0.438 e. The zero-order valence-corrected chi connectivity index (χ0v) is 11.1. The Hall–Kier alpha value is -2.10. The lowest BCUT2D eigenvalue weighted by Crippen LogP contribution is -2.00. The maximum Gasteiger partial charge on any atom is 0.227 e. The molecular weight excluding hydrogens is 226 g/mol. The van der Waals surface area contributed by atoms with Crippen molar-refractivity contribution in [3.05, 3.63) is 41.2 Å². The molecule has 94 valence electrons. The third kappa shape index (κ3) is 2.27. The van der Waals surface area contributed by atoms with Gasteiger partial charge in [-0.2, -0.15) is 0 Å². The van der Waals surface area contributed by atoms with Crippen molar-refractivity contribution in [2.75, 3.05) is 12.4 Å². The lowest BCUT2D eigenvalue weighted by molar-refractivity contribution is 0.454. The van der Waals surface area contributed by atoms with Crippen LogP contribution in [0.1, 0.15) is 16.7 Å². The van der Waals surface area contributed by atoms with E-state index in [4.69, 9.17) is 4.74 Å². The monoisotopic (exact) mass is 243 g/mol. The van der Waals surface area contributed by atoms with Gasteiger partial charge >= 0.3 is 0 Å². The van der Waals surface area contributed by atoms with Crippen LogP contribution in [0.4, 0.5) is 5.82 Å². The number of aryl methyl sites for hydroxylation is 1. The summed E-state index contributed by atoms with van der Waals surface area (Å²) in [4.78, 5) is 8.32. The number of aromatic nitrogens is 2. The molecule has 0 aliphatic carbocycles. The molecule has 0 saturated heterocycles. The van der Waals surface area contributed by atoms with Crippen LogP contribution in [-0.2, 0) is 0 Å². The Morgan fingerprint density at radius 1 is 1.06 bits per heavy atom. The zero-order valence-electron chi connectivity index (χ0n) is 11.1. The maximum atomic E-state index is 5.87. The van der Waals surface area contributed by atoms with Crippen LogP contribution < -0.4 is 10.1 Å². The highest BCUT2D eigenvalue weighted by molar-refractivity contribution is 5.49. The summed E-state index contributed by atoms with van der Waals surface area (Å²) in [6.45, 7) is 6.04. The van der Waals surface area contributed by atoms with Gasteiger partial charge in [0.1, 0.15) is 17.9 Å². The molecule has 18 heavy (non-hydrogen) atoms. The van der Waals surface area contributed by atoms with E-state index in [1.807, 2.05) is 33.0 Å². The number of hydrogen-bond donors (Lipinski definition) is 1. The fourth-order valence-electron chi connectivity index (χ4n) is 1.73. The van der Waals surface area contributed by atoms with Gasteiger partial charge in [0.15, 0.2) is 0 Å². The van der Waals surface area contributed by atoms with Crippen molar-refractivity contribution in [2.45, 2.75) is 20.8 Å². The van der Waals surface area contributed by atoms with Crippen LogP contribution >= 0.6 is 0 Å². The van der Waals surface area contributed by atoms with Gasteiger partial charge in [-0.25, -0.2) is 9.97 Å². The topological polar surface area (TPSA) is 47.0 Å². The summed E-state index contributed by atoms with van der Waals surface area (Å²) in [6.07, 6.45) is 1.50. The molecule has 0 aliphatic heterocycles. The molecule has 0 spiro atoms. The Bertz CT molecular complexity index is 567. The van der Waals surface area contributed by atoms with E-state index in [2.05, 4.69) is 28.3 Å². The quantitative estimate of drug-likeness (QED) is 0.899. The minimum absolute atomic E-state index is 0.586. The Balaban J connectivity index is 2.37. The van der Waals surface area contributed by atoms with Crippen molar-refractivity contribution < 1.29 is 4.74 Å². The van der Waals surface area contributed by atoms with Crippen molar-refractivity contribution in [1.29, 1.82) is 0 Å². The number of nitrogens with zero attached hydrogens (tertiary/aromatic N) is 2. The van der Waals surface area contributed by atoms with Crippen LogP contribution in [0.5, 0.6) is 11.6 Å². The van der Waals surface area contributed by atoms with E-state index in [1.165, 1.54) is 11.9 Å². The van der Waals surface area contributed by atoms with Crippen LogP contribution in [0.2, 0.25) is 0 Å². The summed E-state index contributed by atoms with van der Waals surface area (Å²) < 4.78 is 5.87. The third-order valence-electron chi connectivity index (χ3n) is 3.04. The molecule has 0 unspecified atom stereocenters. The van der Waals surface area contributed by atoms with E-state index >= 15 is 0 Å². The molecule has 4 nitrogen and oxygen atoms in total. The summed E-state index contributed by atoms with van der Waals surface area (Å²) in [5.74, 6) is 2.20. The maximum absolute atomic E-state index is 5.87. The van der Waals surface area contributed by atoms with Crippen molar-refractivity contribution in [2.24, 2.45) is 0 Å². The Morgan fingerprint density at radius 2 is 1.83 bits per heavy atom. The minimum atomic E-state index is 0.586. The van der Waals surface area contributed by atoms with E-state index in [0.29, 0.717) is 5.88 Å². The highest BCUT2D eigenvalue weighted by Gasteiger charge is 2.09. The number of hydrogen-bond acceptors (Lipinski definition) is 4. The number of anilines is 1. The third-order valence-corrected chi connectivity index (χ3v) is 3.04. The average molecular weight is 243 g/mol. The molecule has 1 aromatic heterocycles. The Labute approximate surface area is 107 Å². The van der Waals surface area contributed by atoms with Gasteiger partial charge in [-0.3, -0.25) is 0 Å². The Kier molecular flexibility index (Phi) is 3.46. The second-order valence-corrected chi connectivity index (χ2v) is 4.20. The van der Waals surface area contributed by atoms with E-state index in [9.17, 15) is 0 Å². The van der Waals surface area contributed by atoms with E-state index < -0.39 is 0 Å². The summed E-state index contributed by atoms with van der Waals surface area (Å²) in [7, 11) is 1.83. The second kappa shape index (κ2) is 5.04.